The number of aromatic nitrogens is 2. The Morgan fingerprint density at radius 3 is 2.54 bits per heavy atom. The molecule has 2 N–H and O–H groups in total. The molecule has 0 aliphatic carbocycles. The fourth-order valence-electron chi connectivity index (χ4n) is 2.35. The summed E-state index contributed by atoms with van der Waals surface area (Å²) in [5, 5.41) is 12.5. The number of nitrogens with zero attached hydrogens (tertiary/aromatic N) is 2. The number of para-hydroxylation sites is 1. The lowest BCUT2D eigenvalue weighted by Gasteiger charge is -2.12. The maximum Gasteiger partial charge on any atom is 0.258 e. The second-order valence-corrected chi connectivity index (χ2v) is 6.52. The van der Waals surface area contributed by atoms with Crippen molar-refractivity contribution in [2.45, 2.75) is 12.1 Å². The Labute approximate surface area is 154 Å². The van der Waals surface area contributed by atoms with E-state index in [1.165, 1.54) is 34.5 Å². The molecule has 3 rings (SSSR count). The highest BCUT2D eigenvalue weighted by Gasteiger charge is 2.12. The molecule has 1 heterocycles. The predicted octanol–water partition coefficient (Wildman–Crippen LogP) is 2.98. The van der Waals surface area contributed by atoms with Crippen LogP contribution in [0.15, 0.2) is 70.6 Å². The van der Waals surface area contributed by atoms with Crippen molar-refractivity contribution in [3.63, 3.8) is 0 Å². The summed E-state index contributed by atoms with van der Waals surface area (Å²) in [5.41, 5.74) is 1.70. The average Bonchev–Trinajstić information content (AvgIpc) is 2.62. The number of phenolic OH excluding ortho intramolecular Hbond substituents is 1. The number of carbonyl (C=O) groups is 1. The summed E-state index contributed by atoms with van der Waals surface area (Å²) in [4.78, 5) is 29.0. The molecule has 0 aliphatic heterocycles. The molecule has 1 amide bonds. The van der Waals surface area contributed by atoms with Crippen molar-refractivity contribution in [2.75, 3.05) is 11.1 Å². The minimum atomic E-state index is -0.226. The molecule has 7 heteroatoms. The molecule has 3 aromatic rings. The fraction of sp³-hybridized carbons (Fsp3) is 0.105. The highest BCUT2D eigenvalue weighted by molar-refractivity contribution is 7.99. The van der Waals surface area contributed by atoms with Crippen molar-refractivity contribution in [1.29, 1.82) is 0 Å². The molecular weight excluding hydrogens is 350 g/mol. The summed E-state index contributed by atoms with van der Waals surface area (Å²) in [5.74, 6) is 0.00753. The van der Waals surface area contributed by atoms with Gasteiger partial charge in [-0.2, -0.15) is 0 Å². The first-order valence-corrected chi connectivity index (χ1v) is 8.89. The maximum atomic E-state index is 12.4. The van der Waals surface area contributed by atoms with Crippen molar-refractivity contribution >= 4 is 23.4 Å². The first kappa shape index (κ1) is 17.8. The van der Waals surface area contributed by atoms with Gasteiger partial charge in [-0.1, -0.05) is 30.0 Å². The van der Waals surface area contributed by atoms with Crippen LogP contribution in [0, 0.1) is 6.92 Å². The number of rotatable bonds is 5. The summed E-state index contributed by atoms with van der Waals surface area (Å²) in [6, 6.07) is 16.9. The number of carbonyl (C=O) groups excluding carboxylic acids is 1. The molecule has 0 unspecified atom stereocenters. The number of nitrogens with one attached hydrogen (secondary N) is 1. The molecule has 0 atom stereocenters. The quantitative estimate of drug-likeness (QED) is 0.411. The van der Waals surface area contributed by atoms with E-state index in [1.54, 1.807) is 19.1 Å². The molecule has 26 heavy (non-hydrogen) atoms. The lowest BCUT2D eigenvalue weighted by atomic mass is 10.3. The topological polar surface area (TPSA) is 84.2 Å². The predicted molar refractivity (Wildman–Crippen MR) is 102 cm³/mol. The second-order valence-electron chi connectivity index (χ2n) is 5.57. The van der Waals surface area contributed by atoms with Gasteiger partial charge < -0.3 is 10.4 Å². The monoisotopic (exact) mass is 367 g/mol. The minimum absolute atomic E-state index is 0.101. The van der Waals surface area contributed by atoms with Crippen LogP contribution in [-0.4, -0.2) is 26.3 Å². The van der Waals surface area contributed by atoms with Gasteiger partial charge in [0, 0.05) is 17.4 Å². The van der Waals surface area contributed by atoms with Gasteiger partial charge in [-0.05, 0) is 43.3 Å². The fourth-order valence-corrected chi connectivity index (χ4v) is 3.22. The van der Waals surface area contributed by atoms with E-state index >= 15 is 0 Å². The normalized spacial score (nSPS) is 10.5. The van der Waals surface area contributed by atoms with E-state index in [9.17, 15) is 14.7 Å². The first-order valence-electron chi connectivity index (χ1n) is 7.91. The van der Waals surface area contributed by atoms with E-state index in [1.807, 2.05) is 30.3 Å². The second kappa shape index (κ2) is 7.88. The standard InChI is InChI=1S/C19H17N3O3S/c1-13-11-18(25)22(15-5-3-2-4-6-15)19(20-13)26-12-17(24)21-14-7-9-16(23)10-8-14/h2-11,23H,12H2,1H3,(H,21,24). The number of aromatic hydroxyl groups is 1. The summed E-state index contributed by atoms with van der Waals surface area (Å²) in [6.45, 7) is 1.75. The average molecular weight is 367 g/mol. The summed E-state index contributed by atoms with van der Waals surface area (Å²) in [6.07, 6.45) is 0. The van der Waals surface area contributed by atoms with Gasteiger partial charge in [-0.25, -0.2) is 4.98 Å². The molecule has 2 aromatic carbocycles. The van der Waals surface area contributed by atoms with E-state index < -0.39 is 0 Å². The van der Waals surface area contributed by atoms with Crippen LogP contribution in [0.1, 0.15) is 5.69 Å². The number of hydrogen-bond donors (Lipinski definition) is 2. The third-order valence-electron chi connectivity index (χ3n) is 3.51. The Morgan fingerprint density at radius 2 is 1.85 bits per heavy atom. The molecular formula is C19H17N3O3S. The first-order chi connectivity index (χ1) is 12.5. The Morgan fingerprint density at radius 1 is 1.15 bits per heavy atom. The molecule has 0 fully saturated rings. The smallest absolute Gasteiger partial charge is 0.258 e. The SMILES string of the molecule is Cc1cc(=O)n(-c2ccccc2)c(SCC(=O)Nc2ccc(O)cc2)n1. The summed E-state index contributed by atoms with van der Waals surface area (Å²) in [7, 11) is 0. The number of phenols is 1. The maximum absolute atomic E-state index is 12.4. The van der Waals surface area contributed by atoms with Gasteiger partial charge in [0.25, 0.3) is 5.56 Å². The summed E-state index contributed by atoms with van der Waals surface area (Å²) >= 11 is 1.19. The van der Waals surface area contributed by atoms with Gasteiger partial charge in [-0.3, -0.25) is 14.2 Å². The molecule has 0 aliphatic rings. The Bertz CT molecular complexity index is 970. The molecule has 0 radical (unpaired) electrons. The molecule has 0 saturated carbocycles. The minimum Gasteiger partial charge on any atom is -0.508 e. The van der Waals surface area contributed by atoms with Gasteiger partial charge in [-0.15, -0.1) is 0 Å². The Hall–Kier alpha value is -3.06. The molecule has 6 nitrogen and oxygen atoms in total. The molecule has 0 saturated heterocycles. The number of hydrogen-bond acceptors (Lipinski definition) is 5. The van der Waals surface area contributed by atoms with E-state index in [0.717, 1.165) is 0 Å². The van der Waals surface area contributed by atoms with Gasteiger partial charge in [0.2, 0.25) is 5.91 Å². The number of amides is 1. The van der Waals surface area contributed by atoms with Crippen molar-refractivity contribution in [3.8, 4) is 11.4 Å². The van der Waals surface area contributed by atoms with Crippen LogP contribution in [-0.2, 0) is 4.79 Å². The third-order valence-corrected chi connectivity index (χ3v) is 4.45. The van der Waals surface area contributed by atoms with Crippen LogP contribution in [0.4, 0.5) is 5.69 Å². The number of benzene rings is 2. The van der Waals surface area contributed by atoms with Crippen LogP contribution >= 0.6 is 11.8 Å². The van der Waals surface area contributed by atoms with Crippen LogP contribution < -0.4 is 10.9 Å². The Balaban J connectivity index is 1.78. The molecule has 132 valence electrons. The van der Waals surface area contributed by atoms with Crippen molar-refractivity contribution in [3.05, 3.63) is 76.7 Å². The van der Waals surface area contributed by atoms with Crippen molar-refractivity contribution in [1.82, 2.24) is 9.55 Å². The van der Waals surface area contributed by atoms with Gasteiger partial charge in [0.05, 0.1) is 11.4 Å². The van der Waals surface area contributed by atoms with E-state index in [2.05, 4.69) is 10.3 Å². The highest BCUT2D eigenvalue weighted by Crippen LogP contribution is 2.19. The van der Waals surface area contributed by atoms with E-state index in [0.29, 0.717) is 22.2 Å². The van der Waals surface area contributed by atoms with E-state index in [4.69, 9.17) is 0 Å². The van der Waals surface area contributed by atoms with Crippen LogP contribution in [0.2, 0.25) is 0 Å². The van der Waals surface area contributed by atoms with Gasteiger partial charge in [0.15, 0.2) is 5.16 Å². The lowest BCUT2D eigenvalue weighted by Crippen LogP contribution is -2.22. The number of anilines is 1. The van der Waals surface area contributed by atoms with Crippen LogP contribution in [0.3, 0.4) is 0 Å². The molecule has 0 spiro atoms. The zero-order valence-electron chi connectivity index (χ0n) is 14.0. The van der Waals surface area contributed by atoms with E-state index in [-0.39, 0.29) is 23.0 Å². The van der Waals surface area contributed by atoms with Gasteiger partial charge >= 0.3 is 0 Å². The number of aryl methyl sites for hydroxylation is 1. The largest absolute Gasteiger partial charge is 0.508 e. The lowest BCUT2D eigenvalue weighted by molar-refractivity contribution is -0.113. The Kier molecular flexibility index (Phi) is 5.38. The third kappa shape index (κ3) is 4.31. The van der Waals surface area contributed by atoms with Crippen LogP contribution in [0.5, 0.6) is 5.75 Å². The molecule has 0 bridgehead atoms. The number of thioether (sulfide) groups is 1. The van der Waals surface area contributed by atoms with Gasteiger partial charge in [0.1, 0.15) is 5.75 Å². The summed E-state index contributed by atoms with van der Waals surface area (Å²) < 4.78 is 1.49. The zero-order valence-corrected chi connectivity index (χ0v) is 14.9. The highest BCUT2D eigenvalue weighted by atomic mass is 32.2. The molecule has 1 aromatic heterocycles. The van der Waals surface area contributed by atoms with Crippen LogP contribution in [0.25, 0.3) is 5.69 Å². The van der Waals surface area contributed by atoms with Crippen molar-refractivity contribution < 1.29 is 9.90 Å². The van der Waals surface area contributed by atoms with Crippen molar-refractivity contribution in [2.24, 2.45) is 0 Å². The zero-order chi connectivity index (χ0) is 18.5.